The first-order chi connectivity index (χ1) is 6.63. The lowest BCUT2D eigenvalue weighted by molar-refractivity contribution is -0.127. The second-order valence-electron chi connectivity index (χ2n) is 3.51. The number of carbonyl (C=O) groups excluding carboxylic acids is 1. The van der Waals surface area contributed by atoms with Crippen molar-refractivity contribution in [2.75, 3.05) is 0 Å². The quantitative estimate of drug-likeness (QED) is 0.649. The molecule has 0 aliphatic rings. The Labute approximate surface area is 85.3 Å². The highest BCUT2D eigenvalue weighted by Gasteiger charge is 2.32. The number of hydrogen-bond acceptors (Lipinski definition) is 3. The highest BCUT2D eigenvalue weighted by atomic mass is 16.1. The van der Waals surface area contributed by atoms with Crippen LogP contribution in [0.3, 0.4) is 0 Å². The van der Waals surface area contributed by atoms with Crippen molar-refractivity contribution in [2.24, 2.45) is 5.41 Å². The fourth-order valence-corrected chi connectivity index (χ4v) is 1.67. The second kappa shape index (κ2) is 6.16. The number of ketones is 1. The molecule has 0 heterocycles. The summed E-state index contributed by atoms with van der Waals surface area (Å²) in [5, 5.41) is 17.0. The SMILES string of the molecule is CCC(CCC#N)(CCC#N)C(C)=O. The predicted molar refractivity (Wildman–Crippen MR) is 53.1 cm³/mol. The van der Waals surface area contributed by atoms with Crippen LogP contribution in [0.1, 0.15) is 46.0 Å². The Morgan fingerprint density at radius 1 is 1.21 bits per heavy atom. The number of hydrogen-bond donors (Lipinski definition) is 0. The molecule has 0 spiro atoms. The molecule has 0 aromatic rings. The third-order valence-electron chi connectivity index (χ3n) is 2.85. The number of rotatable bonds is 6. The molecule has 0 saturated heterocycles. The Kier molecular flexibility index (Phi) is 5.56. The molecule has 0 amide bonds. The van der Waals surface area contributed by atoms with E-state index in [0.717, 1.165) is 0 Å². The molecule has 0 radical (unpaired) electrons. The second-order valence-corrected chi connectivity index (χ2v) is 3.51. The van der Waals surface area contributed by atoms with Crippen LogP contribution in [0.2, 0.25) is 0 Å². The number of nitrogens with zero attached hydrogens (tertiary/aromatic N) is 2. The Hall–Kier alpha value is -1.35. The lowest BCUT2D eigenvalue weighted by atomic mass is 9.74. The van der Waals surface area contributed by atoms with Crippen molar-refractivity contribution in [3.8, 4) is 12.1 Å². The summed E-state index contributed by atoms with van der Waals surface area (Å²) in [5.41, 5.74) is -0.439. The minimum atomic E-state index is -0.439. The van der Waals surface area contributed by atoms with Gasteiger partial charge in [0.25, 0.3) is 0 Å². The Bertz CT molecular complexity index is 252. The van der Waals surface area contributed by atoms with E-state index < -0.39 is 5.41 Å². The van der Waals surface area contributed by atoms with Crippen molar-refractivity contribution in [2.45, 2.75) is 46.0 Å². The van der Waals surface area contributed by atoms with Gasteiger partial charge in [0.2, 0.25) is 0 Å². The van der Waals surface area contributed by atoms with Gasteiger partial charge in [-0.15, -0.1) is 0 Å². The van der Waals surface area contributed by atoms with Crippen molar-refractivity contribution in [3.05, 3.63) is 0 Å². The zero-order chi connectivity index (χ0) is 11.0. The third-order valence-corrected chi connectivity index (χ3v) is 2.85. The fourth-order valence-electron chi connectivity index (χ4n) is 1.67. The van der Waals surface area contributed by atoms with Gasteiger partial charge >= 0.3 is 0 Å². The molecule has 0 N–H and O–H groups in total. The van der Waals surface area contributed by atoms with Crippen LogP contribution in [-0.4, -0.2) is 5.78 Å². The molecule has 0 bridgehead atoms. The maximum Gasteiger partial charge on any atom is 0.136 e. The van der Waals surface area contributed by atoms with Crippen LogP contribution in [0.4, 0.5) is 0 Å². The van der Waals surface area contributed by atoms with Crippen molar-refractivity contribution in [1.29, 1.82) is 10.5 Å². The number of carbonyl (C=O) groups is 1. The summed E-state index contributed by atoms with van der Waals surface area (Å²) in [7, 11) is 0. The van der Waals surface area contributed by atoms with E-state index >= 15 is 0 Å². The van der Waals surface area contributed by atoms with Crippen LogP contribution in [0.5, 0.6) is 0 Å². The Morgan fingerprint density at radius 3 is 1.86 bits per heavy atom. The topological polar surface area (TPSA) is 64.7 Å². The lowest BCUT2D eigenvalue weighted by Crippen LogP contribution is -2.28. The van der Waals surface area contributed by atoms with Crippen molar-refractivity contribution in [3.63, 3.8) is 0 Å². The Balaban J connectivity index is 4.54. The van der Waals surface area contributed by atoms with Crippen LogP contribution in [0.15, 0.2) is 0 Å². The van der Waals surface area contributed by atoms with Crippen LogP contribution in [0, 0.1) is 28.1 Å². The standard InChI is InChI=1S/C11H16N2O/c1-3-11(10(2)14,6-4-8-12)7-5-9-13/h3-7H2,1-2H3. The first kappa shape index (κ1) is 12.7. The molecule has 3 nitrogen and oxygen atoms in total. The van der Waals surface area contributed by atoms with Crippen molar-refractivity contribution < 1.29 is 4.79 Å². The van der Waals surface area contributed by atoms with Crippen LogP contribution < -0.4 is 0 Å². The fraction of sp³-hybridized carbons (Fsp3) is 0.727. The largest absolute Gasteiger partial charge is 0.299 e. The van der Waals surface area contributed by atoms with Gasteiger partial charge in [0, 0.05) is 18.3 Å². The van der Waals surface area contributed by atoms with Gasteiger partial charge in [-0.2, -0.15) is 10.5 Å². The first-order valence-electron chi connectivity index (χ1n) is 4.88. The molecule has 76 valence electrons. The molecule has 0 saturated carbocycles. The molecule has 0 aliphatic heterocycles. The maximum atomic E-state index is 11.5. The monoisotopic (exact) mass is 192 g/mol. The summed E-state index contributed by atoms with van der Waals surface area (Å²) >= 11 is 0. The Morgan fingerprint density at radius 2 is 1.64 bits per heavy atom. The minimum Gasteiger partial charge on any atom is -0.299 e. The van der Waals surface area contributed by atoms with E-state index in [1.807, 2.05) is 6.92 Å². The minimum absolute atomic E-state index is 0.102. The molecule has 0 aliphatic carbocycles. The highest BCUT2D eigenvalue weighted by molar-refractivity contribution is 5.82. The smallest absolute Gasteiger partial charge is 0.136 e. The maximum absolute atomic E-state index is 11.5. The molecular weight excluding hydrogens is 176 g/mol. The number of Topliss-reactive ketones (excluding diaryl/α,β-unsaturated/α-hetero) is 1. The van der Waals surface area contributed by atoms with Crippen molar-refractivity contribution in [1.82, 2.24) is 0 Å². The molecule has 14 heavy (non-hydrogen) atoms. The molecule has 0 aromatic heterocycles. The van der Waals surface area contributed by atoms with Gasteiger partial charge in [-0.25, -0.2) is 0 Å². The van der Waals surface area contributed by atoms with Gasteiger partial charge in [0.15, 0.2) is 0 Å². The van der Waals surface area contributed by atoms with Gasteiger partial charge < -0.3 is 0 Å². The average Bonchev–Trinajstić information content (AvgIpc) is 2.18. The van der Waals surface area contributed by atoms with E-state index in [4.69, 9.17) is 10.5 Å². The average molecular weight is 192 g/mol. The van der Waals surface area contributed by atoms with E-state index in [9.17, 15) is 4.79 Å². The molecule has 0 aromatic carbocycles. The first-order valence-corrected chi connectivity index (χ1v) is 4.88. The van der Waals surface area contributed by atoms with Gasteiger partial charge in [0.1, 0.15) is 5.78 Å². The summed E-state index contributed by atoms with van der Waals surface area (Å²) in [6.07, 6.45) is 2.65. The van der Waals surface area contributed by atoms with E-state index in [0.29, 0.717) is 32.1 Å². The van der Waals surface area contributed by atoms with E-state index in [2.05, 4.69) is 12.1 Å². The summed E-state index contributed by atoms with van der Waals surface area (Å²) in [5.74, 6) is 0.102. The third kappa shape index (κ3) is 3.18. The predicted octanol–water partition coefficient (Wildman–Crippen LogP) is 2.58. The van der Waals surface area contributed by atoms with Crippen molar-refractivity contribution >= 4 is 5.78 Å². The number of nitriles is 2. The van der Waals surface area contributed by atoms with Crippen LogP contribution in [-0.2, 0) is 4.79 Å². The van der Waals surface area contributed by atoms with Gasteiger partial charge in [0.05, 0.1) is 12.1 Å². The van der Waals surface area contributed by atoms with Crippen LogP contribution >= 0.6 is 0 Å². The molecular formula is C11H16N2O. The lowest BCUT2D eigenvalue weighted by Gasteiger charge is -2.28. The molecule has 0 unspecified atom stereocenters. The highest BCUT2D eigenvalue weighted by Crippen LogP contribution is 2.34. The molecule has 0 rings (SSSR count). The van der Waals surface area contributed by atoms with Crippen LogP contribution in [0.25, 0.3) is 0 Å². The molecule has 3 heteroatoms. The van der Waals surface area contributed by atoms with Gasteiger partial charge in [-0.3, -0.25) is 4.79 Å². The van der Waals surface area contributed by atoms with Gasteiger partial charge in [-0.05, 0) is 26.2 Å². The molecule has 0 fully saturated rings. The van der Waals surface area contributed by atoms with Gasteiger partial charge in [-0.1, -0.05) is 6.92 Å². The van der Waals surface area contributed by atoms with E-state index in [1.54, 1.807) is 6.92 Å². The van der Waals surface area contributed by atoms with E-state index in [-0.39, 0.29) is 5.78 Å². The summed E-state index contributed by atoms with van der Waals surface area (Å²) in [4.78, 5) is 11.5. The van der Waals surface area contributed by atoms with E-state index in [1.165, 1.54) is 0 Å². The normalized spacial score (nSPS) is 10.3. The molecule has 0 atom stereocenters. The summed E-state index contributed by atoms with van der Waals surface area (Å²) < 4.78 is 0. The summed E-state index contributed by atoms with van der Waals surface area (Å²) in [6.45, 7) is 3.49. The summed E-state index contributed by atoms with van der Waals surface area (Å²) in [6, 6.07) is 4.11. The zero-order valence-corrected chi connectivity index (χ0v) is 8.84. The zero-order valence-electron chi connectivity index (χ0n) is 8.84.